The van der Waals surface area contributed by atoms with Crippen LogP contribution < -0.4 is 5.56 Å². The molecule has 4 heteroatoms. The van der Waals surface area contributed by atoms with Crippen LogP contribution in [0.25, 0.3) is 10.9 Å². The first-order valence-corrected chi connectivity index (χ1v) is 7.13. The Morgan fingerprint density at radius 2 is 2.00 bits per heavy atom. The molecule has 0 spiro atoms. The molecule has 0 bridgehead atoms. The molecule has 3 aromatic rings. The minimum absolute atomic E-state index is 0.0143. The van der Waals surface area contributed by atoms with Gasteiger partial charge in [0.25, 0.3) is 5.56 Å². The van der Waals surface area contributed by atoms with E-state index < -0.39 is 0 Å². The summed E-state index contributed by atoms with van der Waals surface area (Å²) < 4.78 is 2.54. The summed E-state index contributed by atoms with van der Waals surface area (Å²) in [5, 5.41) is 0.635. The van der Waals surface area contributed by atoms with E-state index in [2.05, 4.69) is 20.9 Å². The molecule has 0 aliphatic carbocycles. The first-order valence-electron chi connectivity index (χ1n) is 6.34. The van der Waals surface area contributed by atoms with E-state index in [9.17, 15) is 4.79 Å². The van der Waals surface area contributed by atoms with Crippen LogP contribution in [0.2, 0.25) is 0 Å². The van der Waals surface area contributed by atoms with E-state index in [0.29, 0.717) is 11.9 Å². The van der Waals surface area contributed by atoms with Gasteiger partial charge in [0.1, 0.15) is 0 Å². The summed E-state index contributed by atoms with van der Waals surface area (Å²) in [6, 6.07) is 13.6. The van der Waals surface area contributed by atoms with E-state index in [1.165, 1.54) is 5.56 Å². The molecule has 0 radical (unpaired) electrons. The van der Waals surface area contributed by atoms with E-state index in [1.807, 2.05) is 49.4 Å². The highest BCUT2D eigenvalue weighted by Gasteiger charge is 2.06. The Hall–Kier alpha value is -1.94. The lowest BCUT2D eigenvalue weighted by Gasteiger charge is -2.09. The molecular weight excluding hydrogens is 316 g/mol. The molecule has 2 aromatic carbocycles. The summed E-state index contributed by atoms with van der Waals surface area (Å²) in [5.41, 5.74) is 3.01. The molecule has 0 saturated carbocycles. The molecule has 0 amide bonds. The Morgan fingerprint density at radius 1 is 1.20 bits per heavy atom. The summed E-state index contributed by atoms with van der Waals surface area (Å²) >= 11 is 3.39. The van der Waals surface area contributed by atoms with Crippen LogP contribution in [0.15, 0.2) is 58.1 Å². The molecule has 0 fully saturated rings. The molecule has 3 rings (SSSR count). The Bertz CT molecular complexity index is 839. The lowest BCUT2D eigenvalue weighted by Crippen LogP contribution is -2.21. The smallest absolute Gasteiger partial charge is 0.261 e. The summed E-state index contributed by atoms with van der Waals surface area (Å²) in [6.45, 7) is 2.59. The molecule has 100 valence electrons. The molecule has 3 nitrogen and oxygen atoms in total. The van der Waals surface area contributed by atoms with Gasteiger partial charge in [0.2, 0.25) is 0 Å². The number of aryl methyl sites for hydroxylation is 1. The lowest BCUT2D eigenvalue weighted by molar-refractivity contribution is 0.744. The zero-order chi connectivity index (χ0) is 14.1. The van der Waals surface area contributed by atoms with Crippen molar-refractivity contribution in [3.8, 4) is 0 Å². The monoisotopic (exact) mass is 328 g/mol. The second kappa shape index (κ2) is 5.21. The van der Waals surface area contributed by atoms with Gasteiger partial charge in [0.05, 0.1) is 23.8 Å². The largest absolute Gasteiger partial charge is 0.294 e. The Labute approximate surface area is 125 Å². The summed E-state index contributed by atoms with van der Waals surface area (Å²) in [6.07, 6.45) is 1.62. The Morgan fingerprint density at radius 3 is 2.80 bits per heavy atom. The topological polar surface area (TPSA) is 34.9 Å². The number of nitrogens with zero attached hydrogens (tertiary/aromatic N) is 2. The zero-order valence-electron chi connectivity index (χ0n) is 11.0. The van der Waals surface area contributed by atoms with E-state index in [-0.39, 0.29) is 5.56 Å². The van der Waals surface area contributed by atoms with Crippen LogP contribution in [0.3, 0.4) is 0 Å². The van der Waals surface area contributed by atoms with E-state index in [1.54, 1.807) is 10.9 Å². The van der Waals surface area contributed by atoms with Crippen LogP contribution in [-0.4, -0.2) is 9.55 Å². The molecule has 1 aromatic heterocycles. The van der Waals surface area contributed by atoms with Crippen molar-refractivity contribution >= 4 is 26.8 Å². The van der Waals surface area contributed by atoms with E-state index >= 15 is 0 Å². The van der Waals surface area contributed by atoms with Crippen molar-refractivity contribution in [3.63, 3.8) is 0 Å². The maximum Gasteiger partial charge on any atom is 0.261 e. The Kier molecular flexibility index (Phi) is 3.40. The fourth-order valence-electron chi connectivity index (χ4n) is 2.21. The third-order valence-corrected chi connectivity index (χ3v) is 3.88. The maximum atomic E-state index is 12.5. The third kappa shape index (κ3) is 2.39. The molecule has 0 atom stereocenters. The normalized spacial score (nSPS) is 10.9. The van der Waals surface area contributed by atoms with Gasteiger partial charge in [-0.25, -0.2) is 4.98 Å². The van der Waals surface area contributed by atoms with Crippen LogP contribution in [0.1, 0.15) is 11.1 Å². The molecule has 1 heterocycles. The van der Waals surface area contributed by atoms with E-state index in [0.717, 1.165) is 15.6 Å². The average molecular weight is 329 g/mol. The quantitative estimate of drug-likeness (QED) is 0.721. The van der Waals surface area contributed by atoms with E-state index in [4.69, 9.17) is 0 Å². The van der Waals surface area contributed by atoms with Gasteiger partial charge in [0, 0.05) is 4.47 Å². The number of aromatic nitrogens is 2. The van der Waals surface area contributed by atoms with Crippen molar-refractivity contribution in [2.75, 3.05) is 0 Å². The predicted octanol–water partition coefficient (Wildman–Crippen LogP) is 3.52. The van der Waals surface area contributed by atoms with Crippen molar-refractivity contribution in [2.45, 2.75) is 13.5 Å². The minimum atomic E-state index is -0.0143. The molecule has 0 aliphatic heterocycles. The van der Waals surface area contributed by atoms with Gasteiger partial charge < -0.3 is 0 Å². The molecule has 0 aliphatic rings. The first-order chi connectivity index (χ1) is 9.65. The second-order valence-corrected chi connectivity index (χ2v) is 5.68. The number of hydrogen-bond acceptors (Lipinski definition) is 2. The van der Waals surface area contributed by atoms with Crippen LogP contribution >= 0.6 is 15.9 Å². The van der Waals surface area contributed by atoms with Gasteiger partial charge in [-0.15, -0.1) is 0 Å². The fraction of sp³-hybridized carbons (Fsp3) is 0.125. The highest BCUT2D eigenvalue weighted by molar-refractivity contribution is 9.10. The van der Waals surface area contributed by atoms with Crippen molar-refractivity contribution in [3.05, 3.63) is 74.7 Å². The highest BCUT2D eigenvalue weighted by Crippen LogP contribution is 2.15. The highest BCUT2D eigenvalue weighted by atomic mass is 79.9. The SMILES string of the molecule is Cc1ccccc1Cn1cnc2ccc(Br)cc2c1=O. The maximum absolute atomic E-state index is 12.5. The van der Waals surface area contributed by atoms with Gasteiger partial charge in [-0.05, 0) is 36.2 Å². The van der Waals surface area contributed by atoms with Gasteiger partial charge in [-0.2, -0.15) is 0 Å². The summed E-state index contributed by atoms with van der Waals surface area (Å²) in [4.78, 5) is 16.8. The van der Waals surface area contributed by atoms with Crippen LogP contribution in [0.4, 0.5) is 0 Å². The standard InChI is InChI=1S/C16H13BrN2O/c1-11-4-2-3-5-12(11)9-19-10-18-15-7-6-13(17)8-14(15)16(19)20/h2-8,10H,9H2,1H3. The second-order valence-electron chi connectivity index (χ2n) is 4.77. The molecular formula is C16H13BrN2O. The Balaban J connectivity index is 2.11. The van der Waals surface area contributed by atoms with Gasteiger partial charge in [-0.1, -0.05) is 40.2 Å². The number of hydrogen-bond donors (Lipinski definition) is 0. The van der Waals surface area contributed by atoms with Crippen molar-refractivity contribution in [1.82, 2.24) is 9.55 Å². The predicted molar refractivity (Wildman–Crippen MR) is 84.0 cm³/mol. The number of benzene rings is 2. The van der Waals surface area contributed by atoms with Crippen molar-refractivity contribution in [1.29, 1.82) is 0 Å². The van der Waals surface area contributed by atoms with Crippen molar-refractivity contribution < 1.29 is 0 Å². The number of fused-ring (bicyclic) bond motifs is 1. The van der Waals surface area contributed by atoms with Crippen molar-refractivity contribution in [2.24, 2.45) is 0 Å². The first kappa shape index (κ1) is 13.1. The van der Waals surface area contributed by atoms with Crippen LogP contribution in [0.5, 0.6) is 0 Å². The van der Waals surface area contributed by atoms with Crippen LogP contribution in [0, 0.1) is 6.92 Å². The van der Waals surface area contributed by atoms with Gasteiger partial charge in [-0.3, -0.25) is 9.36 Å². The number of rotatable bonds is 2. The summed E-state index contributed by atoms with van der Waals surface area (Å²) in [5.74, 6) is 0. The van der Waals surface area contributed by atoms with Gasteiger partial charge in [0.15, 0.2) is 0 Å². The summed E-state index contributed by atoms with van der Waals surface area (Å²) in [7, 11) is 0. The number of halogens is 1. The molecule has 0 saturated heterocycles. The zero-order valence-corrected chi connectivity index (χ0v) is 12.6. The lowest BCUT2D eigenvalue weighted by atomic mass is 10.1. The van der Waals surface area contributed by atoms with Gasteiger partial charge >= 0.3 is 0 Å². The molecule has 0 N–H and O–H groups in total. The average Bonchev–Trinajstić information content (AvgIpc) is 2.45. The van der Waals surface area contributed by atoms with Crippen LogP contribution in [-0.2, 0) is 6.54 Å². The minimum Gasteiger partial charge on any atom is -0.294 e. The fourth-order valence-corrected chi connectivity index (χ4v) is 2.58. The molecule has 0 unspecified atom stereocenters. The third-order valence-electron chi connectivity index (χ3n) is 3.39. The molecule has 20 heavy (non-hydrogen) atoms.